The highest BCUT2D eigenvalue weighted by Crippen LogP contribution is 2.28. The zero-order chi connectivity index (χ0) is 15.1. The summed E-state index contributed by atoms with van der Waals surface area (Å²) in [5, 5.41) is 5.19. The van der Waals surface area contributed by atoms with Crippen molar-refractivity contribution >= 4 is 16.3 Å². The van der Waals surface area contributed by atoms with E-state index in [1.54, 1.807) is 29.1 Å². The molecule has 0 aliphatic rings. The number of nitrogens with two attached hydrogens (primary N) is 1. The van der Waals surface area contributed by atoms with E-state index < -0.39 is 6.04 Å². The second-order valence-electron chi connectivity index (χ2n) is 4.78. The molecule has 3 heterocycles. The molecule has 0 saturated heterocycles. The van der Waals surface area contributed by atoms with Crippen LogP contribution in [0.5, 0.6) is 0 Å². The summed E-state index contributed by atoms with van der Waals surface area (Å²) in [4.78, 5) is 5.02. The first-order valence-corrected chi connectivity index (χ1v) is 7.43. The molecule has 0 bridgehead atoms. The summed E-state index contributed by atoms with van der Waals surface area (Å²) in [7, 11) is 0. The van der Waals surface area contributed by atoms with E-state index in [2.05, 4.69) is 10.1 Å². The monoisotopic (exact) mass is 314 g/mol. The molecule has 0 fully saturated rings. The van der Waals surface area contributed by atoms with Gasteiger partial charge in [0.25, 0.3) is 0 Å². The molecular weight excluding hydrogens is 303 g/mol. The quantitative estimate of drug-likeness (QED) is 0.630. The normalized spacial score (nSPS) is 12.8. The third kappa shape index (κ3) is 2.11. The number of hydrogen-bond donors (Lipinski definition) is 1. The van der Waals surface area contributed by atoms with Gasteiger partial charge in [-0.3, -0.25) is 0 Å². The molecular formula is C15H11FN4OS. The minimum absolute atomic E-state index is 0.296. The van der Waals surface area contributed by atoms with Gasteiger partial charge in [0.05, 0.1) is 18.2 Å². The first-order valence-electron chi connectivity index (χ1n) is 6.62. The maximum absolute atomic E-state index is 13.4. The van der Waals surface area contributed by atoms with E-state index in [1.807, 2.05) is 12.1 Å². The lowest BCUT2D eigenvalue weighted by Crippen LogP contribution is -2.11. The number of nitrogens with zero attached hydrogens (tertiary/aromatic N) is 3. The molecule has 0 saturated carbocycles. The predicted molar refractivity (Wildman–Crippen MR) is 81.0 cm³/mol. The highest BCUT2D eigenvalue weighted by Gasteiger charge is 2.19. The van der Waals surface area contributed by atoms with E-state index in [0.717, 1.165) is 11.3 Å². The van der Waals surface area contributed by atoms with Crippen molar-refractivity contribution in [3.8, 4) is 11.3 Å². The molecule has 4 rings (SSSR count). The number of benzene rings is 1. The number of rotatable bonds is 3. The van der Waals surface area contributed by atoms with Crippen molar-refractivity contribution in [2.24, 2.45) is 5.73 Å². The highest BCUT2D eigenvalue weighted by atomic mass is 32.1. The lowest BCUT2D eigenvalue weighted by atomic mass is 10.2. The van der Waals surface area contributed by atoms with E-state index in [9.17, 15) is 4.39 Å². The van der Waals surface area contributed by atoms with Crippen LogP contribution in [0.15, 0.2) is 53.3 Å². The Morgan fingerprint density at radius 3 is 2.95 bits per heavy atom. The number of fused-ring (bicyclic) bond motifs is 1. The van der Waals surface area contributed by atoms with Crippen molar-refractivity contribution in [3.05, 3.63) is 65.4 Å². The van der Waals surface area contributed by atoms with Crippen molar-refractivity contribution in [3.63, 3.8) is 0 Å². The van der Waals surface area contributed by atoms with Crippen LogP contribution in [0.3, 0.4) is 0 Å². The first-order chi connectivity index (χ1) is 10.7. The van der Waals surface area contributed by atoms with E-state index >= 15 is 0 Å². The van der Waals surface area contributed by atoms with Gasteiger partial charge in [-0.25, -0.2) is 13.9 Å². The fourth-order valence-corrected chi connectivity index (χ4v) is 3.15. The molecule has 22 heavy (non-hydrogen) atoms. The minimum atomic E-state index is -0.443. The van der Waals surface area contributed by atoms with Gasteiger partial charge in [0.1, 0.15) is 22.6 Å². The van der Waals surface area contributed by atoms with E-state index in [1.165, 1.54) is 23.5 Å². The van der Waals surface area contributed by atoms with Gasteiger partial charge in [0.15, 0.2) is 0 Å². The molecule has 0 aliphatic heterocycles. The lowest BCUT2D eigenvalue weighted by Gasteiger charge is -2.03. The van der Waals surface area contributed by atoms with Gasteiger partial charge in [-0.2, -0.15) is 5.10 Å². The maximum Gasteiger partial charge on any atom is 0.212 e. The Labute approximate surface area is 128 Å². The largest absolute Gasteiger partial charge is 0.467 e. The van der Waals surface area contributed by atoms with Crippen LogP contribution >= 0.6 is 11.3 Å². The highest BCUT2D eigenvalue weighted by molar-refractivity contribution is 7.16. The summed E-state index contributed by atoms with van der Waals surface area (Å²) < 4.78 is 20.4. The van der Waals surface area contributed by atoms with Gasteiger partial charge in [-0.15, -0.1) is 0 Å². The van der Waals surface area contributed by atoms with E-state index in [4.69, 9.17) is 10.2 Å². The first kappa shape index (κ1) is 13.2. The lowest BCUT2D eigenvalue weighted by molar-refractivity contribution is 0.488. The summed E-state index contributed by atoms with van der Waals surface area (Å²) >= 11 is 1.39. The number of aromatic nitrogens is 3. The topological polar surface area (TPSA) is 69.3 Å². The third-order valence-corrected chi connectivity index (χ3v) is 4.34. The zero-order valence-corrected chi connectivity index (χ0v) is 12.1. The predicted octanol–water partition coefficient (Wildman–Crippen LogP) is 3.24. The van der Waals surface area contributed by atoms with Crippen LogP contribution < -0.4 is 5.73 Å². The van der Waals surface area contributed by atoms with Crippen molar-refractivity contribution < 1.29 is 8.81 Å². The Hall–Kier alpha value is -2.51. The van der Waals surface area contributed by atoms with Crippen LogP contribution in [0, 0.1) is 5.82 Å². The zero-order valence-electron chi connectivity index (χ0n) is 11.3. The van der Waals surface area contributed by atoms with Gasteiger partial charge in [-0.1, -0.05) is 23.5 Å². The van der Waals surface area contributed by atoms with Crippen molar-refractivity contribution in [2.75, 3.05) is 0 Å². The van der Waals surface area contributed by atoms with Gasteiger partial charge < -0.3 is 10.2 Å². The SMILES string of the molecule is NC(c1ccco1)c1nn2c(-c3cccc(F)c3)cnc2s1. The molecule has 110 valence electrons. The standard InChI is InChI=1S/C15H11FN4OS/c16-10-4-1-3-9(7-10)11-8-18-15-20(11)19-14(22-15)13(17)12-5-2-6-21-12/h1-8,13H,17H2. The second-order valence-corrected chi connectivity index (χ2v) is 5.77. The molecule has 4 aromatic rings. The molecule has 1 aromatic carbocycles. The molecule has 1 atom stereocenters. The van der Waals surface area contributed by atoms with Crippen LogP contribution in [0.25, 0.3) is 16.2 Å². The summed E-state index contributed by atoms with van der Waals surface area (Å²) in [5.41, 5.74) is 7.59. The van der Waals surface area contributed by atoms with E-state index in [0.29, 0.717) is 15.7 Å². The number of hydrogen-bond acceptors (Lipinski definition) is 5. The minimum Gasteiger partial charge on any atom is -0.467 e. The van der Waals surface area contributed by atoms with Crippen molar-refractivity contribution in [1.29, 1.82) is 0 Å². The summed E-state index contributed by atoms with van der Waals surface area (Å²) in [6, 6.07) is 9.48. The smallest absolute Gasteiger partial charge is 0.212 e. The Morgan fingerprint density at radius 2 is 2.18 bits per heavy atom. The fraction of sp³-hybridized carbons (Fsp3) is 0.0667. The summed E-state index contributed by atoms with van der Waals surface area (Å²) in [5.74, 6) is 0.347. The van der Waals surface area contributed by atoms with Gasteiger partial charge in [0, 0.05) is 5.56 Å². The Balaban J connectivity index is 1.79. The van der Waals surface area contributed by atoms with Crippen LogP contribution in [0.4, 0.5) is 4.39 Å². The molecule has 0 radical (unpaired) electrons. The average Bonchev–Trinajstić information content (AvgIpc) is 3.23. The van der Waals surface area contributed by atoms with Crippen LogP contribution in [0.1, 0.15) is 16.8 Å². The van der Waals surface area contributed by atoms with Crippen molar-refractivity contribution in [1.82, 2.24) is 14.6 Å². The molecule has 5 nitrogen and oxygen atoms in total. The van der Waals surface area contributed by atoms with Crippen LogP contribution in [-0.2, 0) is 0 Å². The fourth-order valence-electron chi connectivity index (χ4n) is 2.27. The van der Waals surface area contributed by atoms with Crippen molar-refractivity contribution in [2.45, 2.75) is 6.04 Å². The van der Waals surface area contributed by atoms with Gasteiger partial charge in [0.2, 0.25) is 4.96 Å². The van der Waals surface area contributed by atoms with Gasteiger partial charge in [-0.05, 0) is 24.3 Å². The summed E-state index contributed by atoms with van der Waals surface area (Å²) in [6.45, 7) is 0. The molecule has 1 unspecified atom stereocenters. The average molecular weight is 314 g/mol. The second kappa shape index (κ2) is 5.04. The van der Waals surface area contributed by atoms with Crippen LogP contribution in [0.2, 0.25) is 0 Å². The Bertz CT molecular complexity index is 928. The maximum atomic E-state index is 13.4. The Morgan fingerprint density at radius 1 is 1.27 bits per heavy atom. The van der Waals surface area contributed by atoms with E-state index in [-0.39, 0.29) is 5.82 Å². The Kier molecular flexibility index (Phi) is 3.02. The number of furan rings is 1. The van der Waals surface area contributed by atoms with Crippen LogP contribution in [-0.4, -0.2) is 14.6 Å². The number of halogens is 1. The molecule has 2 N–H and O–H groups in total. The molecule has 0 aliphatic carbocycles. The molecule has 0 amide bonds. The summed E-state index contributed by atoms with van der Waals surface area (Å²) in [6.07, 6.45) is 3.25. The molecule has 3 aromatic heterocycles. The number of imidazole rings is 1. The molecule has 7 heteroatoms. The van der Waals surface area contributed by atoms with Gasteiger partial charge >= 0.3 is 0 Å². The molecule has 0 spiro atoms. The third-order valence-electron chi connectivity index (χ3n) is 3.34.